The summed E-state index contributed by atoms with van der Waals surface area (Å²) in [6.07, 6.45) is 0. The number of benzene rings is 5. The second-order valence-corrected chi connectivity index (χ2v) is 8.99. The van der Waals surface area contributed by atoms with Gasteiger partial charge in [-0.05, 0) is 36.4 Å². The molecule has 1 aliphatic rings. The first-order valence-electron chi connectivity index (χ1n) is 12.0. The molecule has 0 saturated heterocycles. The van der Waals surface area contributed by atoms with E-state index in [0.717, 1.165) is 72.4 Å². The first-order valence-corrected chi connectivity index (χ1v) is 12.0. The molecular formula is C32H19N2O2+. The molecule has 0 radical (unpaired) electrons. The van der Waals surface area contributed by atoms with Gasteiger partial charge in [0.2, 0.25) is 0 Å². The lowest BCUT2D eigenvalue weighted by atomic mass is 10.0. The number of hydrogen-bond acceptors (Lipinski definition) is 3. The van der Waals surface area contributed by atoms with Crippen LogP contribution in [-0.2, 0) is 0 Å². The summed E-state index contributed by atoms with van der Waals surface area (Å²) in [5, 5.41) is 4.38. The van der Waals surface area contributed by atoms with E-state index in [1.54, 1.807) is 0 Å². The highest BCUT2D eigenvalue weighted by Crippen LogP contribution is 2.38. The van der Waals surface area contributed by atoms with Gasteiger partial charge in [0.05, 0.1) is 11.1 Å². The minimum atomic E-state index is 0.839. The van der Waals surface area contributed by atoms with Crippen molar-refractivity contribution in [1.82, 2.24) is 0 Å². The van der Waals surface area contributed by atoms with E-state index in [4.69, 9.17) is 13.8 Å². The number of amidine groups is 2. The number of fused-ring (bicyclic) bond motifs is 6. The Morgan fingerprint density at radius 3 is 1.83 bits per heavy atom. The summed E-state index contributed by atoms with van der Waals surface area (Å²) in [5.74, 6) is 1.72. The van der Waals surface area contributed by atoms with E-state index in [-0.39, 0.29) is 0 Å². The molecule has 4 nitrogen and oxygen atoms in total. The Labute approximate surface area is 206 Å². The second-order valence-electron chi connectivity index (χ2n) is 8.99. The molecule has 168 valence electrons. The van der Waals surface area contributed by atoms with Crippen molar-refractivity contribution in [1.29, 1.82) is 0 Å². The Bertz CT molecular complexity index is 2040. The lowest BCUT2D eigenvalue weighted by molar-refractivity contribution is -0.318. The number of hydrogen-bond donors (Lipinski definition) is 0. The van der Waals surface area contributed by atoms with Gasteiger partial charge in [0.15, 0.2) is 11.3 Å². The Morgan fingerprint density at radius 2 is 1.08 bits per heavy atom. The first kappa shape index (κ1) is 19.4. The zero-order valence-corrected chi connectivity index (χ0v) is 19.2. The van der Waals surface area contributed by atoms with Crippen LogP contribution in [0.3, 0.4) is 0 Å². The summed E-state index contributed by atoms with van der Waals surface area (Å²) in [5.41, 5.74) is 6.39. The number of nitrogens with zero attached hydrogens (tertiary/aromatic N) is 2. The average molecular weight is 464 g/mol. The van der Waals surface area contributed by atoms with Gasteiger partial charge < -0.3 is 8.83 Å². The Balaban J connectivity index is 1.44. The topological polar surface area (TPSA) is 41.6 Å². The second kappa shape index (κ2) is 7.27. The van der Waals surface area contributed by atoms with Crippen molar-refractivity contribution in [2.45, 2.75) is 0 Å². The molecule has 0 saturated carbocycles. The smallest absolute Gasteiger partial charge is 0.283 e. The molecule has 5 aromatic carbocycles. The van der Waals surface area contributed by atoms with Crippen LogP contribution in [0, 0.1) is 0 Å². The normalized spacial score (nSPS) is 13.6. The monoisotopic (exact) mass is 463 g/mol. The fraction of sp³-hybridized carbons (Fsp3) is 0. The zero-order chi connectivity index (χ0) is 23.6. The van der Waals surface area contributed by atoms with Gasteiger partial charge in [-0.15, -0.1) is 0 Å². The molecule has 8 rings (SSSR count). The predicted octanol–water partition coefficient (Wildman–Crippen LogP) is 8.04. The Hall–Kier alpha value is -4.96. The molecule has 0 atom stereocenters. The molecule has 0 amide bonds. The number of rotatable bonds is 3. The standard InChI is InChI=1S/C32H19N2O2/c1-2-10-20(11-3-1)31-33-32(25-16-8-14-23-21-12-4-6-18-27(21)35-29(23)25)34(31)26-17-9-15-24-22-13-5-7-19-28(22)36-30(24)26/h1-19H/q+1. The number of furan rings is 2. The van der Waals surface area contributed by atoms with E-state index < -0.39 is 0 Å². The van der Waals surface area contributed by atoms with Gasteiger partial charge in [0.1, 0.15) is 16.7 Å². The molecule has 2 aromatic heterocycles. The van der Waals surface area contributed by atoms with Crippen LogP contribution in [0.25, 0.3) is 43.9 Å². The largest absolute Gasteiger partial charge is 0.455 e. The molecule has 4 heteroatoms. The molecule has 0 spiro atoms. The molecule has 0 N–H and O–H groups in total. The molecule has 3 heterocycles. The summed E-state index contributed by atoms with van der Waals surface area (Å²) < 4.78 is 15.0. The average Bonchev–Trinajstić information content (AvgIpc) is 3.49. The SMILES string of the molecule is c1ccc(C2=NC(c3cccc4c3oc3ccccc34)=[N+]2c2cccc3c2oc2ccccc23)cc1. The Kier molecular flexibility index (Phi) is 3.91. The Morgan fingerprint density at radius 1 is 0.500 bits per heavy atom. The van der Waals surface area contributed by atoms with Gasteiger partial charge in [-0.2, -0.15) is 4.58 Å². The molecule has 0 fully saturated rings. The van der Waals surface area contributed by atoms with Gasteiger partial charge in [-0.1, -0.05) is 83.9 Å². The highest BCUT2D eigenvalue weighted by molar-refractivity contribution is 6.22. The molecular weight excluding hydrogens is 444 g/mol. The van der Waals surface area contributed by atoms with Crippen molar-refractivity contribution >= 4 is 61.2 Å². The van der Waals surface area contributed by atoms with Crippen molar-refractivity contribution in [2.75, 3.05) is 0 Å². The van der Waals surface area contributed by atoms with Crippen LogP contribution in [0.15, 0.2) is 129 Å². The molecule has 7 aromatic rings. The van der Waals surface area contributed by atoms with Crippen molar-refractivity contribution in [3.05, 3.63) is 126 Å². The van der Waals surface area contributed by atoms with Gasteiger partial charge in [-0.25, -0.2) is 0 Å². The third kappa shape index (κ3) is 2.64. The summed E-state index contributed by atoms with van der Waals surface area (Å²) in [4.78, 5) is 5.06. The maximum absolute atomic E-state index is 6.41. The predicted molar refractivity (Wildman–Crippen MR) is 144 cm³/mol. The fourth-order valence-electron chi connectivity index (χ4n) is 5.28. The highest BCUT2D eigenvalue weighted by atomic mass is 16.3. The maximum Gasteiger partial charge on any atom is 0.283 e. The number of para-hydroxylation sites is 4. The minimum Gasteiger partial charge on any atom is -0.455 e. The van der Waals surface area contributed by atoms with Gasteiger partial charge in [0.25, 0.3) is 11.7 Å². The summed E-state index contributed by atoms with van der Waals surface area (Å²) >= 11 is 0. The lowest BCUT2D eigenvalue weighted by Gasteiger charge is -2.19. The third-order valence-corrected chi connectivity index (χ3v) is 6.94. The first-order chi connectivity index (χ1) is 17.9. The lowest BCUT2D eigenvalue weighted by Crippen LogP contribution is -2.34. The van der Waals surface area contributed by atoms with Crippen LogP contribution in [-0.4, -0.2) is 16.2 Å². The van der Waals surface area contributed by atoms with Crippen LogP contribution in [0.5, 0.6) is 0 Å². The highest BCUT2D eigenvalue weighted by Gasteiger charge is 2.36. The molecule has 1 aliphatic heterocycles. The van der Waals surface area contributed by atoms with Gasteiger partial charge in [-0.3, -0.25) is 0 Å². The summed E-state index contributed by atoms with van der Waals surface area (Å²) in [6, 6.07) is 39.1. The van der Waals surface area contributed by atoms with Crippen LogP contribution < -0.4 is 0 Å². The van der Waals surface area contributed by atoms with E-state index in [9.17, 15) is 0 Å². The number of aliphatic imine (C=N–C) groups is 1. The molecule has 0 aliphatic carbocycles. The zero-order valence-electron chi connectivity index (χ0n) is 19.2. The van der Waals surface area contributed by atoms with Crippen LogP contribution in [0.2, 0.25) is 0 Å². The van der Waals surface area contributed by atoms with Gasteiger partial charge in [0, 0.05) is 21.5 Å². The third-order valence-electron chi connectivity index (χ3n) is 6.94. The summed E-state index contributed by atoms with van der Waals surface area (Å²) in [6.45, 7) is 0. The van der Waals surface area contributed by atoms with Crippen LogP contribution in [0.1, 0.15) is 11.1 Å². The van der Waals surface area contributed by atoms with E-state index in [1.807, 2.05) is 54.6 Å². The van der Waals surface area contributed by atoms with Crippen molar-refractivity contribution in [3.8, 4) is 0 Å². The fourth-order valence-corrected chi connectivity index (χ4v) is 5.28. The summed E-state index contributed by atoms with van der Waals surface area (Å²) in [7, 11) is 0. The van der Waals surface area contributed by atoms with E-state index in [1.165, 1.54) is 0 Å². The molecule has 36 heavy (non-hydrogen) atoms. The minimum absolute atomic E-state index is 0.839. The quantitative estimate of drug-likeness (QED) is 0.249. The van der Waals surface area contributed by atoms with Crippen molar-refractivity contribution in [2.24, 2.45) is 4.99 Å². The van der Waals surface area contributed by atoms with Gasteiger partial charge >= 0.3 is 0 Å². The maximum atomic E-state index is 6.41. The van der Waals surface area contributed by atoms with Crippen LogP contribution >= 0.6 is 0 Å². The van der Waals surface area contributed by atoms with Crippen LogP contribution in [0.4, 0.5) is 5.69 Å². The van der Waals surface area contributed by atoms with E-state index in [0.29, 0.717) is 0 Å². The molecule has 0 unspecified atom stereocenters. The van der Waals surface area contributed by atoms with E-state index >= 15 is 0 Å². The van der Waals surface area contributed by atoms with Crippen molar-refractivity contribution < 1.29 is 13.4 Å². The van der Waals surface area contributed by atoms with Crippen molar-refractivity contribution in [3.63, 3.8) is 0 Å². The van der Waals surface area contributed by atoms with E-state index in [2.05, 4.69) is 65.2 Å². The molecule has 0 bridgehead atoms.